The predicted molar refractivity (Wildman–Crippen MR) is 102 cm³/mol. The van der Waals surface area contributed by atoms with Crippen LogP contribution in [0.25, 0.3) is 0 Å². The Morgan fingerprint density at radius 1 is 0.667 bits per heavy atom. The summed E-state index contributed by atoms with van der Waals surface area (Å²) in [4.78, 5) is 2.28. The van der Waals surface area contributed by atoms with Gasteiger partial charge in [-0.25, -0.2) is 0 Å². The van der Waals surface area contributed by atoms with Crippen molar-refractivity contribution < 1.29 is 0 Å². The maximum atomic E-state index is 3.53. The number of rotatable bonds is 6. The molecule has 0 aliphatic heterocycles. The number of para-hydroxylation sites is 2. The Morgan fingerprint density at radius 2 is 1.17 bits per heavy atom. The zero-order valence-corrected chi connectivity index (χ0v) is 13.7. The van der Waals surface area contributed by atoms with Crippen LogP contribution in [-0.2, 0) is 0 Å². The zero-order valence-electron chi connectivity index (χ0n) is 13.7. The van der Waals surface area contributed by atoms with E-state index in [9.17, 15) is 0 Å². The van der Waals surface area contributed by atoms with Gasteiger partial charge in [-0.2, -0.15) is 0 Å². The summed E-state index contributed by atoms with van der Waals surface area (Å²) in [5.74, 6) is 0.884. The normalized spacial score (nSPS) is 13.5. The molecule has 0 radical (unpaired) electrons. The molecule has 1 saturated carbocycles. The van der Waals surface area contributed by atoms with Crippen LogP contribution in [0, 0.1) is 5.92 Å². The Morgan fingerprint density at radius 3 is 1.67 bits per heavy atom. The van der Waals surface area contributed by atoms with Crippen LogP contribution in [0.3, 0.4) is 0 Å². The Hall–Kier alpha value is -2.74. The van der Waals surface area contributed by atoms with Gasteiger partial charge in [-0.1, -0.05) is 36.4 Å². The third-order valence-corrected chi connectivity index (χ3v) is 4.45. The largest absolute Gasteiger partial charge is 0.385 e. The van der Waals surface area contributed by atoms with Crippen LogP contribution in [0.5, 0.6) is 0 Å². The Labute approximate surface area is 143 Å². The SMILES string of the molecule is c1ccc(N(c2ccccc2)c2ccc(NCC3CC3)cc2)cc1. The zero-order chi connectivity index (χ0) is 16.2. The molecule has 0 bridgehead atoms. The third kappa shape index (κ3) is 3.43. The first kappa shape index (κ1) is 14.8. The van der Waals surface area contributed by atoms with E-state index >= 15 is 0 Å². The van der Waals surface area contributed by atoms with E-state index in [1.807, 2.05) is 0 Å². The Bertz CT molecular complexity index is 723. The summed E-state index contributed by atoms with van der Waals surface area (Å²) in [6.07, 6.45) is 2.75. The van der Waals surface area contributed by atoms with Crippen molar-refractivity contribution in [2.45, 2.75) is 12.8 Å². The lowest BCUT2D eigenvalue weighted by Crippen LogP contribution is -2.10. The number of nitrogens with one attached hydrogen (secondary N) is 1. The molecule has 24 heavy (non-hydrogen) atoms. The smallest absolute Gasteiger partial charge is 0.0463 e. The van der Waals surface area contributed by atoms with Crippen LogP contribution in [-0.4, -0.2) is 6.54 Å². The van der Waals surface area contributed by atoms with Crippen molar-refractivity contribution in [3.05, 3.63) is 84.9 Å². The highest BCUT2D eigenvalue weighted by Crippen LogP contribution is 2.35. The predicted octanol–water partition coefficient (Wildman–Crippen LogP) is 5.98. The first-order chi connectivity index (χ1) is 11.9. The van der Waals surface area contributed by atoms with E-state index in [1.165, 1.54) is 35.6 Å². The highest BCUT2D eigenvalue weighted by Gasteiger charge is 2.20. The summed E-state index contributed by atoms with van der Waals surface area (Å²) in [6.45, 7) is 1.10. The molecule has 0 atom stereocenters. The molecule has 0 saturated heterocycles. The fraction of sp³-hybridized carbons (Fsp3) is 0.182. The molecule has 1 fully saturated rings. The molecule has 3 aromatic rings. The fourth-order valence-corrected chi connectivity index (χ4v) is 2.91. The van der Waals surface area contributed by atoms with Gasteiger partial charge in [-0.15, -0.1) is 0 Å². The molecule has 1 aliphatic rings. The molecule has 0 amide bonds. The lowest BCUT2D eigenvalue weighted by atomic mass is 10.2. The Kier molecular flexibility index (Phi) is 4.20. The van der Waals surface area contributed by atoms with Crippen molar-refractivity contribution in [3.8, 4) is 0 Å². The van der Waals surface area contributed by atoms with Gasteiger partial charge >= 0.3 is 0 Å². The lowest BCUT2D eigenvalue weighted by Gasteiger charge is -2.25. The van der Waals surface area contributed by atoms with Crippen molar-refractivity contribution in [1.29, 1.82) is 0 Å². The van der Waals surface area contributed by atoms with Gasteiger partial charge in [0.05, 0.1) is 0 Å². The van der Waals surface area contributed by atoms with E-state index in [4.69, 9.17) is 0 Å². The maximum absolute atomic E-state index is 3.53. The second-order valence-corrected chi connectivity index (χ2v) is 6.38. The summed E-state index contributed by atoms with van der Waals surface area (Å²) in [7, 11) is 0. The van der Waals surface area contributed by atoms with Gasteiger partial charge in [0.15, 0.2) is 0 Å². The molecule has 0 aromatic heterocycles. The van der Waals surface area contributed by atoms with E-state index < -0.39 is 0 Å². The van der Waals surface area contributed by atoms with E-state index in [2.05, 4.69) is 95.1 Å². The fourth-order valence-electron chi connectivity index (χ4n) is 2.91. The highest BCUT2D eigenvalue weighted by atomic mass is 15.1. The summed E-state index contributed by atoms with van der Waals surface area (Å²) in [5, 5.41) is 3.53. The molecule has 3 aromatic carbocycles. The molecule has 1 aliphatic carbocycles. The van der Waals surface area contributed by atoms with Crippen LogP contribution in [0.15, 0.2) is 84.9 Å². The summed E-state index contributed by atoms with van der Waals surface area (Å²) in [6, 6.07) is 29.7. The van der Waals surface area contributed by atoms with Crippen LogP contribution in [0.4, 0.5) is 22.7 Å². The highest BCUT2D eigenvalue weighted by molar-refractivity contribution is 5.77. The minimum absolute atomic E-state index is 0.884. The van der Waals surface area contributed by atoms with Gasteiger partial charge in [0, 0.05) is 29.3 Å². The van der Waals surface area contributed by atoms with E-state index in [0.717, 1.165) is 12.5 Å². The Balaban J connectivity index is 1.63. The van der Waals surface area contributed by atoms with Crippen molar-refractivity contribution in [2.75, 3.05) is 16.8 Å². The molecular weight excluding hydrogens is 292 g/mol. The molecule has 120 valence electrons. The standard InChI is InChI=1S/C22H22N2/c1-3-7-20(8-4-1)24(21-9-5-2-6-10-21)22-15-13-19(14-16-22)23-17-18-11-12-18/h1-10,13-16,18,23H,11-12,17H2. The van der Waals surface area contributed by atoms with Crippen molar-refractivity contribution in [2.24, 2.45) is 5.92 Å². The first-order valence-electron chi connectivity index (χ1n) is 8.64. The van der Waals surface area contributed by atoms with Crippen LogP contribution in [0.2, 0.25) is 0 Å². The summed E-state index contributed by atoms with van der Waals surface area (Å²) in [5.41, 5.74) is 4.71. The number of nitrogens with zero attached hydrogens (tertiary/aromatic N) is 1. The summed E-state index contributed by atoms with van der Waals surface area (Å²) >= 11 is 0. The van der Waals surface area contributed by atoms with Crippen molar-refractivity contribution in [3.63, 3.8) is 0 Å². The van der Waals surface area contributed by atoms with Crippen LogP contribution < -0.4 is 10.2 Å². The van der Waals surface area contributed by atoms with Gasteiger partial charge < -0.3 is 10.2 Å². The quantitative estimate of drug-likeness (QED) is 0.602. The minimum Gasteiger partial charge on any atom is -0.385 e. The minimum atomic E-state index is 0.884. The average molecular weight is 314 g/mol. The average Bonchev–Trinajstić information content (AvgIpc) is 3.48. The molecule has 2 heteroatoms. The van der Waals surface area contributed by atoms with Crippen LogP contribution in [0.1, 0.15) is 12.8 Å². The van der Waals surface area contributed by atoms with Crippen molar-refractivity contribution in [1.82, 2.24) is 0 Å². The number of hydrogen-bond donors (Lipinski definition) is 1. The van der Waals surface area contributed by atoms with E-state index in [1.54, 1.807) is 0 Å². The second-order valence-electron chi connectivity index (χ2n) is 6.38. The molecule has 2 nitrogen and oxygen atoms in total. The van der Waals surface area contributed by atoms with Gasteiger partial charge in [0.25, 0.3) is 0 Å². The lowest BCUT2D eigenvalue weighted by molar-refractivity contribution is 0.889. The maximum Gasteiger partial charge on any atom is 0.0463 e. The van der Waals surface area contributed by atoms with Gasteiger partial charge in [0.2, 0.25) is 0 Å². The number of hydrogen-bond acceptors (Lipinski definition) is 2. The molecule has 1 N–H and O–H groups in total. The topological polar surface area (TPSA) is 15.3 Å². The molecule has 0 spiro atoms. The van der Waals surface area contributed by atoms with Crippen molar-refractivity contribution >= 4 is 22.7 Å². The number of benzene rings is 3. The van der Waals surface area contributed by atoms with Gasteiger partial charge in [0.1, 0.15) is 0 Å². The monoisotopic (exact) mass is 314 g/mol. The molecular formula is C22H22N2. The number of anilines is 4. The second kappa shape index (κ2) is 6.79. The van der Waals surface area contributed by atoms with E-state index in [0.29, 0.717) is 0 Å². The molecule has 0 unspecified atom stereocenters. The summed E-state index contributed by atoms with van der Waals surface area (Å²) < 4.78 is 0. The van der Waals surface area contributed by atoms with E-state index in [-0.39, 0.29) is 0 Å². The third-order valence-electron chi connectivity index (χ3n) is 4.45. The molecule has 0 heterocycles. The van der Waals surface area contributed by atoms with Crippen LogP contribution >= 0.6 is 0 Å². The first-order valence-corrected chi connectivity index (χ1v) is 8.64. The van der Waals surface area contributed by atoms with Gasteiger partial charge in [-0.3, -0.25) is 0 Å². The molecule has 4 rings (SSSR count). The van der Waals surface area contributed by atoms with Gasteiger partial charge in [-0.05, 0) is 67.3 Å².